The van der Waals surface area contributed by atoms with Crippen LogP contribution in [0.15, 0.2) is 10.4 Å². The molecule has 0 amide bonds. The van der Waals surface area contributed by atoms with Crippen molar-refractivity contribution in [1.82, 2.24) is 10.3 Å². The van der Waals surface area contributed by atoms with E-state index >= 15 is 0 Å². The second-order valence-electron chi connectivity index (χ2n) is 4.74. The highest BCUT2D eigenvalue weighted by atomic mass is 127. The molecule has 1 aromatic rings. The van der Waals surface area contributed by atoms with Crippen LogP contribution in [-0.2, 0) is 6.42 Å². The Hall–Kier alpha value is -0.370. The maximum atomic E-state index is 5.80. The fourth-order valence-electron chi connectivity index (χ4n) is 1.77. The van der Waals surface area contributed by atoms with Gasteiger partial charge in [-0.25, -0.2) is 4.98 Å². The Kier molecular flexibility index (Phi) is 12.1. The molecule has 1 aromatic heterocycles. The Bertz CT molecular complexity index is 379. The number of aryl methyl sites for hydroxylation is 2. The van der Waals surface area contributed by atoms with Gasteiger partial charge in [-0.05, 0) is 19.8 Å². The van der Waals surface area contributed by atoms with Crippen LogP contribution in [-0.4, -0.2) is 24.0 Å². The van der Waals surface area contributed by atoms with Crippen LogP contribution >= 0.6 is 35.3 Å². The molecule has 1 rings (SSSR count). The number of guanidine groups is 1. The first-order valence-corrected chi connectivity index (χ1v) is 8.05. The zero-order chi connectivity index (χ0) is 13.9. The van der Waals surface area contributed by atoms with Crippen LogP contribution in [0.4, 0.5) is 0 Å². The number of nitrogens with two attached hydrogens (primary N) is 1. The van der Waals surface area contributed by atoms with Gasteiger partial charge in [0.25, 0.3) is 0 Å². The van der Waals surface area contributed by atoms with Crippen LogP contribution in [0.1, 0.15) is 49.7 Å². The van der Waals surface area contributed by atoms with Gasteiger partial charge in [0.05, 0.1) is 5.01 Å². The van der Waals surface area contributed by atoms with Crippen molar-refractivity contribution in [1.29, 1.82) is 0 Å². The molecule has 0 aliphatic carbocycles. The number of thiazole rings is 1. The maximum Gasteiger partial charge on any atom is 0.188 e. The summed E-state index contributed by atoms with van der Waals surface area (Å²) in [6, 6.07) is 0. The van der Waals surface area contributed by atoms with Crippen molar-refractivity contribution in [3.63, 3.8) is 0 Å². The predicted molar refractivity (Wildman–Crippen MR) is 99.2 cm³/mol. The number of unbranched alkanes of at least 4 members (excludes halogenated alkanes) is 3. The SMILES string of the molecule is CCCCCCNC(N)=NCCCc1nc(C)cs1.I. The van der Waals surface area contributed by atoms with Crippen LogP contribution in [0.3, 0.4) is 0 Å². The van der Waals surface area contributed by atoms with E-state index in [4.69, 9.17) is 5.73 Å². The first kappa shape index (κ1) is 19.6. The minimum absolute atomic E-state index is 0. The molecule has 116 valence electrons. The summed E-state index contributed by atoms with van der Waals surface area (Å²) < 4.78 is 0. The summed E-state index contributed by atoms with van der Waals surface area (Å²) in [6.07, 6.45) is 6.99. The third kappa shape index (κ3) is 9.52. The first-order chi connectivity index (χ1) is 9.22. The van der Waals surface area contributed by atoms with Crippen molar-refractivity contribution in [3.05, 3.63) is 16.1 Å². The van der Waals surface area contributed by atoms with E-state index in [0.717, 1.165) is 31.6 Å². The molecule has 0 bridgehead atoms. The molecule has 20 heavy (non-hydrogen) atoms. The standard InChI is InChI=1S/C14H26N4S.HI/c1-3-4-5-6-9-16-14(15)17-10-7-8-13-18-12(2)11-19-13;/h11H,3-10H2,1-2H3,(H3,15,16,17);1H. The molecule has 3 N–H and O–H groups in total. The number of nitrogens with one attached hydrogen (secondary N) is 1. The van der Waals surface area contributed by atoms with E-state index in [-0.39, 0.29) is 24.0 Å². The van der Waals surface area contributed by atoms with Crippen molar-refractivity contribution >= 4 is 41.3 Å². The van der Waals surface area contributed by atoms with E-state index in [1.54, 1.807) is 11.3 Å². The molecule has 0 aromatic carbocycles. The van der Waals surface area contributed by atoms with Crippen LogP contribution in [0.25, 0.3) is 0 Å². The molecule has 0 atom stereocenters. The summed E-state index contributed by atoms with van der Waals surface area (Å²) in [6.45, 7) is 5.94. The number of aliphatic imine (C=N–C) groups is 1. The van der Waals surface area contributed by atoms with E-state index in [1.807, 2.05) is 6.92 Å². The molecule has 0 spiro atoms. The van der Waals surface area contributed by atoms with Crippen molar-refractivity contribution in [2.45, 2.75) is 52.4 Å². The Balaban J connectivity index is 0.00000361. The highest BCUT2D eigenvalue weighted by Crippen LogP contribution is 2.10. The lowest BCUT2D eigenvalue weighted by atomic mass is 10.2. The van der Waals surface area contributed by atoms with Crippen molar-refractivity contribution in [3.8, 4) is 0 Å². The van der Waals surface area contributed by atoms with Gasteiger partial charge in [-0.3, -0.25) is 4.99 Å². The lowest BCUT2D eigenvalue weighted by Crippen LogP contribution is -2.32. The Morgan fingerprint density at radius 3 is 2.80 bits per heavy atom. The minimum atomic E-state index is 0. The van der Waals surface area contributed by atoms with Gasteiger partial charge < -0.3 is 11.1 Å². The number of hydrogen-bond acceptors (Lipinski definition) is 3. The topological polar surface area (TPSA) is 63.3 Å². The normalized spacial score (nSPS) is 11.2. The third-order valence-electron chi connectivity index (χ3n) is 2.83. The summed E-state index contributed by atoms with van der Waals surface area (Å²) >= 11 is 1.72. The van der Waals surface area contributed by atoms with Crippen LogP contribution in [0.2, 0.25) is 0 Å². The summed E-state index contributed by atoms with van der Waals surface area (Å²) in [4.78, 5) is 8.75. The van der Waals surface area contributed by atoms with E-state index in [2.05, 4.69) is 27.6 Å². The number of hydrogen-bond donors (Lipinski definition) is 2. The Morgan fingerprint density at radius 2 is 2.15 bits per heavy atom. The van der Waals surface area contributed by atoms with Gasteiger partial charge in [0.2, 0.25) is 0 Å². The minimum Gasteiger partial charge on any atom is -0.370 e. The van der Waals surface area contributed by atoms with Gasteiger partial charge in [0.15, 0.2) is 5.96 Å². The van der Waals surface area contributed by atoms with Gasteiger partial charge in [-0.2, -0.15) is 0 Å². The lowest BCUT2D eigenvalue weighted by molar-refractivity contribution is 0.652. The zero-order valence-corrected chi connectivity index (χ0v) is 15.7. The van der Waals surface area contributed by atoms with Crippen LogP contribution in [0, 0.1) is 6.92 Å². The summed E-state index contributed by atoms with van der Waals surface area (Å²) in [5, 5.41) is 6.44. The molecular weight excluding hydrogens is 383 g/mol. The molecule has 0 aliphatic heterocycles. The monoisotopic (exact) mass is 410 g/mol. The molecule has 6 heteroatoms. The fourth-order valence-corrected chi connectivity index (χ4v) is 2.59. The molecule has 0 saturated carbocycles. The van der Waals surface area contributed by atoms with Crippen molar-refractivity contribution in [2.24, 2.45) is 10.7 Å². The quantitative estimate of drug-likeness (QED) is 0.284. The van der Waals surface area contributed by atoms with Crippen molar-refractivity contribution in [2.75, 3.05) is 13.1 Å². The van der Waals surface area contributed by atoms with Gasteiger partial charge in [-0.15, -0.1) is 35.3 Å². The average Bonchev–Trinajstić information content (AvgIpc) is 2.80. The molecule has 0 radical (unpaired) electrons. The van der Waals surface area contributed by atoms with Gasteiger partial charge in [-0.1, -0.05) is 26.2 Å². The van der Waals surface area contributed by atoms with E-state index in [0.29, 0.717) is 5.96 Å². The average molecular weight is 410 g/mol. The van der Waals surface area contributed by atoms with Crippen molar-refractivity contribution < 1.29 is 0 Å². The van der Waals surface area contributed by atoms with Crippen LogP contribution in [0.5, 0.6) is 0 Å². The number of halogens is 1. The smallest absolute Gasteiger partial charge is 0.188 e. The molecule has 0 saturated heterocycles. The van der Waals surface area contributed by atoms with Gasteiger partial charge >= 0.3 is 0 Å². The Labute approximate surface area is 143 Å². The summed E-state index contributed by atoms with van der Waals surface area (Å²) in [5.41, 5.74) is 6.91. The summed E-state index contributed by atoms with van der Waals surface area (Å²) in [7, 11) is 0. The van der Waals surface area contributed by atoms with Gasteiger partial charge in [0.1, 0.15) is 0 Å². The fraction of sp³-hybridized carbons (Fsp3) is 0.714. The van der Waals surface area contributed by atoms with E-state index in [1.165, 1.54) is 30.7 Å². The number of rotatable bonds is 9. The Morgan fingerprint density at radius 1 is 1.35 bits per heavy atom. The molecule has 1 heterocycles. The van der Waals surface area contributed by atoms with Crippen LogP contribution < -0.4 is 11.1 Å². The predicted octanol–water partition coefficient (Wildman–Crippen LogP) is 3.49. The highest BCUT2D eigenvalue weighted by molar-refractivity contribution is 14.0. The van der Waals surface area contributed by atoms with E-state index in [9.17, 15) is 0 Å². The highest BCUT2D eigenvalue weighted by Gasteiger charge is 1.98. The van der Waals surface area contributed by atoms with Gasteiger partial charge in [0, 0.05) is 30.6 Å². The maximum absolute atomic E-state index is 5.80. The zero-order valence-electron chi connectivity index (χ0n) is 12.5. The molecular formula is C14H27IN4S. The first-order valence-electron chi connectivity index (χ1n) is 7.17. The second-order valence-corrected chi connectivity index (χ2v) is 5.68. The molecule has 0 aliphatic rings. The summed E-state index contributed by atoms with van der Waals surface area (Å²) in [5.74, 6) is 0.576. The molecule has 0 fully saturated rings. The molecule has 4 nitrogen and oxygen atoms in total. The molecule has 0 unspecified atom stereocenters. The largest absolute Gasteiger partial charge is 0.370 e. The number of aromatic nitrogens is 1. The third-order valence-corrected chi connectivity index (χ3v) is 3.86. The lowest BCUT2D eigenvalue weighted by Gasteiger charge is -2.04. The van der Waals surface area contributed by atoms with E-state index < -0.39 is 0 Å². The second kappa shape index (κ2) is 12.4. The number of nitrogens with zero attached hydrogens (tertiary/aromatic N) is 2.